The minimum Gasteiger partial charge on any atom is -0.493 e. The maximum absolute atomic E-state index is 13.8. The predicted octanol–water partition coefficient (Wildman–Crippen LogP) is 4.27. The van der Waals surface area contributed by atoms with E-state index in [4.69, 9.17) is 14.2 Å². The summed E-state index contributed by atoms with van der Waals surface area (Å²) in [6.07, 6.45) is 2.20. The summed E-state index contributed by atoms with van der Waals surface area (Å²) in [5.74, 6) is 0.717. The number of rotatable bonds is 7. The second-order valence-corrected chi connectivity index (χ2v) is 10.3. The average molecular weight is 482 g/mol. The highest BCUT2D eigenvalue weighted by Crippen LogP contribution is 2.47. The molecule has 3 heterocycles. The fourth-order valence-electron chi connectivity index (χ4n) is 4.60. The van der Waals surface area contributed by atoms with Crippen LogP contribution in [0.15, 0.2) is 53.6 Å². The lowest BCUT2D eigenvalue weighted by Gasteiger charge is -2.27. The molecule has 2 N–H and O–H groups in total. The Bertz CT molecular complexity index is 1080. The third-order valence-corrected chi connectivity index (χ3v) is 7.29. The highest BCUT2D eigenvalue weighted by atomic mass is 32.2. The number of thioether (sulfide) groups is 1. The molecule has 0 spiro atoms. The van der Waals surface area contributed by atoms with Crippen LogP contribution >= 0.6 is 11.8 Å². The molecule has 1 amide bonds. The lowest BCUT2D eigenvalue weighted by atomic mass is 10.1. The van der Waals surface area contributed by atoms with Crippen LogP contribution in [0.2, 0.25) is 0 Å². The summed E-state index contributed by atoms with van der Waals surface area (Å²) in [5.41, 5.74) is 2.79. The molecule has 180 valence electrons. The summed E-state index contributed by atoms with van der Waals surface area (Å²) in [6, 6.07) is 14.2. The third kappa shape index (κ3) is 4.83. The molecule has 2 aromatic carbocycles. The van der Waals surface area contributed by atoms with E-state index in [9.17, 15) is 4.79 Å². The zero-order valence-corrected chi connectivity index (χ0v) is 20.6. The predicted molar refractivity (Wildman–Crippen MR) is 133 cm³/mol. The molecule has 1 unspecified atom stereocenters. The van der Waals surface area contributed by atoms with Crippen molar-refractivity contribution in [3.8, 4) is 17.2 Å². The Morgan fingerprint density at radius 2 is 2.06 bits per heavy atom. The van der Waals surface area contributed by atoms with Crippen molar-refractivity contribution in [2.24, 2.45) is 0 Å². The van der Waals surface area contributed by atoms with Gasteiger partial charge in [-0.15, -0.1) is 11.8 Å². The maximum Gasteiger partial charge on any atom is 0.254 e. The lowest BCUT2D eigenvalue weighted by molar-refractivity contribution is -0.0439. The van der Waals surface area contributed by atoms with Crippen molar-refractivity contribution in [1.82, 2.24) is 15.5 Å². The number of amides is 1. The maximum atomic E-state index is 13.8. The number of carbonyl (C=O) groups is 1. The van der Waals surface area contributed by atoms with Crippen molar-refractivity contribution in [3.63, 3.8) is 0 Å². The van der Waals surface area contributed by atoms with Gasteiger partial charge in [-0.25, -0.2) is 0 Å². The number of carbonyl (C=O) groups excluding carboxylic acids is 1. The van der Waals surface area contributed by atoms with Crippen molar-refractivity contribution in [2.45, 2.75) is 43.9 Å². The first-order valence-electron chi connectivity index (χ1n) is 11.7. The molecule has 0 bridgehead atoms. The summed E-state index contributed by atoms with van der Waals surface area (Å²) < 4.78 is 17.3. The molecule has 0 aliphatic carbocycles. The smallest absolute Gasteiger partial charge is 0.254 e. The molecule has 2 atom stereocenters. The van der Waals surface area contributed by atoms with Gasteiger partial charge < -0.3 is 29.7 Å². The summed E-state index contributed by atoms with van der Waals surface area (Å²) in [4.78, 5) is 15.7. The molecule has 1 saturated heterocycles. The first kappa shape index (κ1) is 22.9. The van der Waals surface area contributed by atoms with E-state index in [1.165, 1.54) is 5.56 Å². The number of nitrogens with one attached hydrogen (secondary N) is 2. The number of methoxy groups -OCH3 is 1. The van der Waals surface area contributed by atoms with Gasteiger partial charge in [0.2, 0.25) is 11.5 Å². The fourth-order valence-corrected chi connectivity index (χ4v) is 5.58. The average Bonchev–Trinajstić information content (AvgIpc) is 3.57. The Morgan fingerprint density at radius 1 is 1.24 bits per heavy atom. The first-order chi connectivity index (χ1) is 16.4. The Hall–Kier alpha value is -2.84. The molecule has 7 nitrogen and oxygen atoms in total. The quantitative estimate of drug-likeness (QED) is 0.612. The SMILES string of the molecule is COc1cc(C(=O)N(CC2=CSC(c3ccccc3)N2)C[C@@H]2CCCN2)cc2c1OC(C)(C)O2. The fraction of sp³-hybridized carbons (Fsp3) is 0.423. The van der Waals surface area contributed by atoms with E-state index in [2.05, 4.69) is 28.2 Å². The Morgan fingerprint density at radius 3 is 2.79 bits per heavy atom. The van der Waals surface area contributed by atoms with Gasteiger partial charge in [0, 0.05) is 37.7 Å². The molecular weight excluding hydrogens is 450 g/mol. The van der Waals surface area contributed by atoms with Crippen LogP contribution in [-0.4, -0.2) is 49.4 Å². The highest BCUT2D eigenvalue weighted by molar-refractivity contribution is 8.02. The van der Waals surface area contributed by atoms with E-state index < -0.39 is 5.79 Å². The van der Waals surface area contributed by atoms with Crippen LogP contribution in [-0.2, 0) is 0 Å². The number of hydrogen-bond acceptors (Lipinski definition) is 7. The van der Waals surface area contributed by atoms with Gasteiger partial charge in [-0.1, -0.05) is 30.3 Å². The minimum absolute atomic E-state index is 0.0565. The van der Waals surface area contributed by atoms with Gasteiger partial charge in [-0.2, -0.15) is 0 Å². The van der Waals surface area contributed by atoms with Crippen LogP contribution in [0.25, 0.3) is 0 Å². The van der Waals surface area contributed by atoms with E-state index in [0.717, 1.165) is 25.1 Å². The standard InChI is InChI=1S/C26H31N3O4S/c1-26(2)32-22-13-18(12-21(31-3)23(22)33-26)25(30)29(14-19-10-7-11-27-19)15-20-16-34-24(28-20)17-8-5-4-6-9-17/h4-6,8-9,12-13,16,19,24,27-28H,7,10-11,14-15H2,1-3H3/t19-,24?/m0/s1. The third-order valence-electron chi connectivity index (χ3n) is 6.21. The normalized spacial score (nSPS) is 22.3. The van der Waals surface area contributed by atoms with Crippen LogP contribution in [0.4, 0.5) is 0 Å². The summed E-state index contributed by atoms with van der Waals surface area (Å²) in [5, 5.41) is 9.39. The summed E-state index contributed by atoms with van der Waals surface area (Å²) >= 11 is 1.73. The second-order valence-electron chi connectivity index (χ2n) is 9.30. The van der Waals surface area contributed by atoms with Gasteiger partial charge in [-0.3, -0.25) is 4.79 Å². The monoisotopic (exact) mass is 481 g/mol. The Kier molecular flexibility index (Phi) is 6.36. The van der Waals surface area contributed by atoms with E-state index in [0.29, 0.717) is 41.9 Å². The lowest BCUT2D eigenvalue weighted by Crippen LogP contribution is -2.43. The van der Waals surface area contributed by atoms with Crippen LogP contribution in [0, 0.1) is 0 Å². The molecule has 2 aromatic rings. The number of hydrogen-bond donors (Lipinski definition) is 2. The first-order valence-corrected chi connectivity index (χ1v) is 12.6. The van der Waals surface area contributed by atoms with Gasteiger partial charge in [0.15, 0.2) is 11.5 Å². The Balaban J connectivity index is 1.37. The van der Waals surface area contributed by atoms with Crippen LogP contribution in [0.3, 0.4) is 0 Å². The van der Waals surface area contributed by atoms with Crippen molar-refractivity contribution in [2.75, 3.05) is 26.7 Å². The minimum atomic E-state index is -0.799. The van der Waals surface area contributed by atoms with Crippen LogP contribution < -0.4 is 24.8 Å². The van der Waals surface area contributed by atoms with E-state index in [1.54, 1.807) is 31.0 Å². The Labute approximate surface area is 204 Å². The molecule has 5 rings (SSSR count). The second kappa shape index (κ2) is 9.43. The molecule has 0 radical (unpaired) electrons. The summed E-state index contributed by atoms with van der Waals surface area (Å²) in [7, 11) is 1.58. The van der Waals surface area contributed by atoms with Crippen LogP contribution in [0.5, 0.6) is 17.2 Å². The van der Waals surface area contributed by atoms with Gasteiger partial charge in [0.25, 0.3) is 5.91 Å². The van der Waals surface area contributed by atoms with Crippen molar-refractivity contribution < 1.29 is 19.0 Å². The molecule has 0 saturated carbocycles. The number of fused-ring (bicyclic) bond motifs is 1. The van der Waals surface area contributed by atoms with Crippen LogP contribution in [0.1, 0.15) is 48.0 Å². The van der Waals surface area contributed by atoms with E-state index in [-0.39, 0.29) is 11.3 Å². The topological polar surface area (TPSA) is 72.1 Å². The van der Waals surface area contributed by atoms with Gasteiger partial charge in [-0.05, 0) is 42.5 Å². The highest BCUT2D eigenvalue weighted by Gasteiger charge is 2.36. The largest absolute Gasteiger partial charge is 0.493 e. The van der Waals surface area contributed by atoms with E-state index in [1.807, 2.05) is 36.9 Å². The molecule has 3 aliphatic heterocycles. The molecule has 34 heavy (non-hydrogen) atoms. The van der Waals surface area contributed by atoms with Crippen molar-refractivity contribution in [3.05, 3.63) is 64.7 Å². The molecule has 3 aliphatic rings. The number of benzene rings is 2. The molecular formula is C26H31N3O4S. The van der Waals surface area contributed by atoms with Gasteiger partial charge >= 0.3 is 0 Å². The van der Waals surface area contributed by atoms with Crippen molar-refractivity contribution in [1.29, 1.82) is 0 Å². The zero-order chi connectivity index (χ0) is 23.7. The molecule has 8 heteroatoms. The molecule has 1 fully saturated rings. The molecule has 0 aromatic heterocycles. The van der Waals surface area contributed by atoms with Gasteiger partial charge in [0.05, 0.1) is 13.7 Å². The summed E-state index contributed by atoms with van der Waals surface area (Å²) in [6.45, 7) is 5.82. The van der Waals surface area contributed by atoms with E-state index >= 15 is 0 Å². The number of nitrogens with zero attached hydrogens (tertiary/aromatic N) is 1. The number of ether oxygens (including phenoxy) is 3. The zero-order valence-electron chi connectivity index (χ0n) is 19.8. The van der Waals surface area contributed by atoms with Crippen molar-refractivity contribution >= 4 is 17.7 Å². The van der Waals surface area contributed by atoms with Gasteiger partial charge in [0.1, 0.15) is 5.37 Å².